The highest BCUT2D eigenvalue weighted by atomic mass is 32.2. The van der Waals surface area contributed by atoms with Gasteiger partial charge in [0.05, 0.1) is 17.1 Å². The maximum Gasteiger partial charge on any atom is 0.216 e. The first-order valence-corrected chi connectivity index (χ1v) is 12.0. The van der Waals surface area contributed by atoms with Crippen LogP contribution in [0.3, 0.4) is 0 Å². The van der Waals surface area contributed by atoms with E-state index in [0.29, 0.717) is 0 Å². The van der Waals surface area contributed by atoms with Crippen molar-refractivity contribution < 1.29 is 8.42 Å². The molecule has 0 spiro atoms. The molecule has 0 saturated carbocycles. The van der Waals surface area contributed by atoms with Crippen molar-refractivity contribution in [3.8, 4) is 33.9 Å². The zero-order chi connectivity index (χ0) is 22.8. The third kappa shape index (κ3) is 5.30. The molecule has 4 aromatic rings. The van der Waals surface area contributed by atoms with Crippen LogP contribution in [0.15, 0.2) is 79.1 Å². The molecule has 0 amide bonds. The van der Waals surface area contributed by atoms with E-state index in [-0.39, 0.29) is 5.75 Å². The molecule has 7 heteroatoms. The molecule has 0 aliphatic carbocycles. The summed E-state index contributed by atoms with van der Waals surface area (Å²) in [4.78, 5) is 12.4. The first-order chi connectivity index (χ1) is 15.2. The number of imidazole rings is 1. The van der Waals surface area contributed by atoms with E-state index in [1.807, 2.05) is 87.5 Å². The summed E-state index contributed by atoms with van der Waals surface area (Å²) >= 11 is 0. The summed E-state index contributed by atoms with van der Waals surface area (Å²) in [6, 6.07) is 21.3. The highest BCUT2D eigenvalue weighted by Gasteiger charge is 2.21. The Morgan fingerprint density at radius 3 is 2.12 bits per heavy atom. The van der Waals surface area contributed by atoms with Crippen molar-refractivity contribution in [2.75, 3.05) is 0 Å². The second kappa shape index (κ2) is 8.68. The van der Waals surface area contributed by atoms with Crippen molar-refractivity contribution in [1.29, 1.82) is 0 Å². The van der Waals surface area contributed by atoms with Gasteiger partial charge in [-0.1, -0.05) is 54.6 Å². The lowest BCUT2D eigenvalue weighted by Crippen LogP contribution is -2.41. The zero-order valence-electron chi connectivity index (χ0n) is 18.3. The van der Waals surface area contributed by atoms with Gasteiger partial charge in [0.25, 0.3) is 0 Å². The van der Waals surface area contributed by atoms with E-state index in [0.717, 1.165) is 39.5 Å². The number of benzene rings is 2. The maximum atomic E-state index is 12.4. The molecule has 0 bridgehead atoms. The van der Waals surface area contributed by atoms with E-state index in [9.17, 15) is 8.42 Å². The van der Waals surface area contributed by atoms with Crippen LogP contribution in [0.5, 0.6) is 0 Å². The van der Waals surface area contributed by atoms with Gasteiger partial charge in [-0.2, -0.15) is 0 Å². The molecule has 0 unspecified atom stereocenters. The van der Waals surface area contributed by atoms with Crippen LogP contribution in [-0.2, 0) is 15.8 Å². The Morgan fingerprint density at radius 1 is 0.844 bits per heavy atom. The van der Waals surface area contributed by atoms with E-state index in [4.69, 9.17) is 4.98 Å². The molecular formula is C25H26N4O2S. The first kappa shape index (κ1) is 21.9. The molecule has 2 aromatic heterocycles. The van der Waals surface area contributed by atoms with E-state index in [2.05, 4.69) is 14.7 Å². The normalized spacial score (nSPS) is 12.1. The molecule has 4 rings (SSSR count). The number of hydrogen-bond acceptors (Lipinski definition) is 4. The quantitative estimate of drug-likeness (QED) is 0.435. The Morgan fingerprint density at radius 2 is 1.50 bits per heavy atom. The molecule has 2 heterocycles. The van der Waals surface area contributed by atoms with E-state index in [1.165, 1.54) is 0 Å². The third-order valence-electron chi connectivity index (χ3n) is 4.77. The minimum Gasteiger partial charge on any atom is -0.337 e. The molecule has 0 aliphatic heterocycles. The molecule has 32 heavy (non-hydrogen) atoms. The molecule has 0 fully saturated rings. The van der Waals surface area contributed by atoms with Crippen molar-refractivity contribution in [2.24, 2.45) is 0 Å². The Labute approximate surface area is 188 Å². The Hall–Kier alpha value is -3.29. The van der Waals surface area contributed by atoms with Gasteiger partial charge in [-0.25, -0.2) is 18.1 Å². The fraction of sp³-hybridized carbons (Fsp3) is 0.200. The predicted molar refractivity (Wildman–Crippen MR) is 128 cm³/mol. The monoisotopic (exact) mass is 446 g/mol. The summed E-state index contributed by atoms with van der Waals surface area (Å²) < 4.78 is 27.6. The summed E-state index contributed by atoms with van der Waals surface area (Å²) in [6.45, 7) is 5.49. The standard InChI is InChI=1S/C25H26N4O2S/c1-25(2,3)29-32(30,31)17-18-9-11-19(12-10-18)22-23(20-13-15-26-16-14-20)28-24(27-22)21-7-5-4-6-8-21/h4-16,29H,17H2,1-3H3,(H,27,28). The first-order valence-electron chi connectivity index (χ1n) is 10.4. The minimum absolute atomic E-state index is 0.0718. The Kier molecular flexibility index (Phi) is 5.95. The van der Waals surface area contributed by atoms with Crippen molar-refractivity contribution in [2.45, 2.75) is 32.1 Å². The molecule has 0 radical (unpaired) electrons. The second-order valence-corrected chi connectivity index (χ2v) is 10.4. The summed E-state index contributed by atoms with van der Waals surface area (Å²) in [5.41, 5.74) is 4.77. The molecule has 2 aromatic carbocycles. The molecule has 0 atom stereocenters. The largest absolute Gasteiger partial charge is 0.337 e. The number of sulfonamides is 1. The highest BCUT2D eigenvalue weighted by molar-refractivity contribution is 7.88. The van der Waals surface area contributed by atoms with Gasteiger partial charge in [0.1, 0.15) is 5.82 Å². The average Bonchev–Trinajstić information content (AvgIpc) is 3.19. The summed E-state index contributed by atoms with van der Waals surface area (Å²) in [5.74, 6) is 0.700. The van der Waals surface area contributed by atoms with Crippen LogP contribution in [-0.4, -0.2) is 28.9 Å². The number of aromatic nitrogens is 3. The van der Waals surface area contributed by atoms with E-state index < -0.39 is 15.6 Å². The van der Waals surface area contributed by atoms with Crippen molar-refractivity contribution in [1.82, 2.24) is 19.7 Å². The lowest BCUT2D eigenvalue weighted by atomic mass is 10.0. The number of rotatable bonds is 6. The summed E-state index contributed by atoms with van der Waals surface area (Å²) in [7, 11) is -3.43. The van der Waals surface area contributed by atoms with E-state index >= 15 is 0 Å². The lowest BCUT2D eigenvalue weighted by Gasteiger charge is -2.20. The fourth-order valence-electron chi connectivity index (χ4n) is 3.52. The van der Waals surface area contributed by atoms with Gasteiger partial charge in [0.15, 0.2) is 0 Å². The summed E-state index contributed by atoms with van der Waals surface area (Å²) in [6.07, 6.45) is 3.50. The predicted octanol–water partition coefficient (Wildman–Crippen LogP) is 5.02. The third-order valence-corrected chi connectivity index (χ3v) is 6.40. The second-order valence-electron chi connectivity index (χ2n) is 8.72. The van der Waals surface area contributed by atoms with Crippen LogP contribution < -0.4 is 4.72 Å². The average molecular weight is 447 g/mol. The molecule has 6 nitrogen and oxygen atoms in total. The van der Waals surface area contributed by atoms with E-state index in [1.54, 1.807) is 12.4 Å². The smallest absolute Gasteiger partial charge is 0.216 e. The van der Waals surface area contributed by atoms with Gasteiger partial charge in [-0.15, -0.1) is 0 Å². The SMILES string of the molecule is CC(C)(C)NS(=O)(=O)Cc1ccc(-c2nc(-c3ccccc3)[nH]c2-c2ccncc2)cc1. The van der Waals surface area contributed by atoms with Crippen LogP contribution in [0, 0.1) is 0 Å². The van der Waals surface area contributed by atoms with Crippen LogP contribution in [0.2, 0.25) is 0 Å². The topological polar surface area (TPSA) is 87.7 Å². The lowest BCUT2D eigenvalue weighted by molar-refractivity contribution is 0.491. The number of H-pyrrole nitrogens is 1. The Bertz CT molecular complexity index is 1290. The minimum atomic E-state index is -3.43. The van der Waals surface area contributed by atoms with Crippen molar-refractivity contribution in [3.63, 3.8) is 0 Å². The number of nitrogens with one attached hydrogen (secondary N) is 2. The molecule has 164 valence electrons. The van der Waals surface area contributed by atoms with Crippen LogP contribution in [0.4, 0.5) is 0 Å². The Balaban J connectivity index is 1.69. The molecular weight excluding hydrogens is 420 g/mol. The van der Waals surface area contributed by atoms with Crippen LogP contribution >= 0.6 is 0 Å². The fourth-order valence-corrected chi connectivity index (χ4v) is 5.16. The maximum absolute atomic E-state index is 12.4. The van der Waals surface area contributed by atoms with Crippen LogP contribution in [0.25, 0.3) is 33.9 Å². The van der Waals surface area contributed by atoms with Gasteiger partial charge in [-0.05, 0) is 38.5 Å². The van der Waals surface area contributed by atoms with Gasteiger partial charge < -0.3 is 4.98 Å². The number of hydrogen-bond donors (Lipinski definition) is 2. The number of nitrogens with zero attached hydrogens (tertiary/aromatic N) is 2. The van der Waals surface area contributed by atoms with Crippen LogP contribution in [0.1, 0.15) is 26.3 Å². The molecule has 0 aliphatic rings. The summed E-state index contributed by atoms with van der Waals surface area (Å²) in [5, 5.41) is 0. The van der Waals surface area contributed by atoms with Gasteiger partial charge in [0.2, 0.25) is 10.0 Å². The van der Waals surface area contributed by atoms with Gasteiger partial charge >= 0.3 is 0 Å². The number of pyridine rings is 1. The van der Waals surface area contributed by atoms with Gasteiger partial charge in [-0.3, -0.25) is 4.98 Å². The van der Waals surface area contributed by atoms with Gasteiger partial charge in [0, 0.05) is 34.6 Å². The highest BCUT2D eigenvalue weighted by Crippen LogP contribution is 2.33. The molecule has 2 N–H and O–H groups in total. The zero-order valence-corrected chi connectivity index (χ0v) is 19.1. The van der Waals surface area contributed by atoms with Crippen molar-refractivity contribution in [3.05, 3.63) is 84.7 Å². The van der Waals surface area contributed by atoms with Crippen molar-refractivity contribution >= 4 is 10.0 Å². The molecule has 0 saturated heterocycles. The number of aromatic amines is 1.